The number of hydrogen-bond acceptors (Lipinski definition) is 6. The van der Waals surface area contributed by atoms with Crippen LogP contribution in [0.15, 0.2) is 0 Å². The lowest BCUT2D eigenvalue weighted by atomic mass is 10.2. The molecule has 98 valence electrons. The van der Waals surface area contributed by atoms with Crippen molar-refractivity contribution >= 4 is 16.5 Å². The molecule has 18 heavy (non-hydrogen) atoms. The Morgan fingerprint density at radius 1 is 1.67 bits per heavy atom. The van der Waals surface area contributed by atoms with Crippen LogP contribution in [0.4, 0.5) is 5.00 Å². The fraction of sp³-hybridized carbons (Fsp3) is 0.667. The molecule has 5 nitrogen and oxygen atoms in total. The van der Waals surface area contributed by atoms with Crippen LogP contribution in [0.5, 0.6) is 0 Å². The fourth-order valence-electron chi connectivity index (χ4n) is 2.02. The number of nitrogens with zero attached hydrogens (tertiary/aromatic N) is 3. The third-order valence-corrected chi connectivity index (χ3v) is 4.03. The summed E-state index contributed by atoms with van der Waals surface area (Å²) in [5.41, 5.74) is 1.45. The molecule has 1 aromatic rings. The number of rotatable bonds is 4. The van der Waals surface area contributed by atoms with E-state index in [1.54, 1.807) is 0 Å². The molecular formula is C12H18N4OS. The summed E-state index contributed by atoms with van der Waals surface area (Å²) in [6.07, 6.45) is 0.188. The molecule has 1 unspecified atom stereocenters. The molecule has 1 N–H and O–H groups in total. The Bertz CT molecular complexity index is 440. The fourth-order valence-corrected chi connectivity index (χ4v) is 2.77. The van der Waals surface area contributed by atoms with Crippen molar-refractivity contribution in [1.29, 1.82) is 5.26 Å². The zero-order valence-corrected chi connectivity index (χ0v) is 11.6. The van der Waals surface area contributed by atoms with Crippen molar-refractivity contribution in [2.45, 2.75) is 20.0 Å². The second kappa shape index (κ2) is 6.14. The van der Waals surface area contributed by atoms with Crippen LogP contribution in [0, 0.1) is 18.3 Å². The van der Waals surface area contributed by atoms with E-state index in [9.17, 15) is 0 Å². The van der Waals surface area contributed by atoms with Gasteiger partial charge in [-0.05, 0) is 25.0 Å². The van der Waals surface area contributed by atoms with Crippen molar-refractivity contribution in [3.8, 4) is 6.07 Å². The molecule has 1 aromatic heterocycles. The number of hydrogen-bond donors (Lipinski definition) is 1. The summed E-state index contributed by atoms with van der Waals surface area (Å²) < 4.78 is 9.90. The van der Waals surface area contributed by atoms with Crippen LogP contribution >= 0.6 is 11.5 Å². The molecule has 1 fully saturated rings. The lowest BCUT2D eigenvalue weighted by Gasteiger charge is -2.32. The smallest absolute Gasteiger partial charge is 0.127 e. The maximum atomic E-state index is 9.04. The van der Waals surface area contributed by atoms with Gasteiger partial charge in [-0.2, -0.15) is 9.64 Å². The Morgan fingerprint density at radius 3 is 3.22 bits per heavy atom. The van der Waals surface area contributed by atoms with Gasteiger partial charge >= 0.3 is 0 Å². The summed E-state index contributed by atoms with van der Waals surface area (Å²) in [6, 6.07) is 2.19. The Kier molecular flexibility index (Phi) is 4.53. The van der Waals surface area contributed by atoms with E-state index >= 15 is 0 Å². The minimum Gasteiger partial charge on any atom is -0.374 e. The van der Waals surface area contributed by atoms with E-state index in [0.717, 1.165) is 43.5 Å². The normalized spacial score (nSPS) is 20.6. The molecule has 6 heteroatoms. The SMILES string of the molecule is CCN1CCOC(CNc2snc(C)c2C#N)C1. The van der Waals surface area contributed by atoms with Crippen LogP contribution in [0.3, 0.4) is 0 Å². The summed E-state index contributed by atoms with van der Waals surface area (Å²) in [5, 5.41) is 13.2. The van der Waals surface area contributed by atoms with Gasteiger partial charge in [-0.3, -0.25) is 4.90 Å². The minimum absolute atomic E-state index is 0.188. The van der Waals surface area contributed by atoms with E-state index in [-0.39, 0.29) is 6.10 Å². The van der Waals surface area contributed by atoms with Gasteiger partial charge in [0.1, 0.15) is 16.6 Å². The number of anilines is 1. The van der Waals surface area contributed by atoms with E-state index in [2.05, 4.69) is 27.6 Å². The van der Waals surface area contributed by atoms with Gasteiger partial charge < -0.3 is 10.1 Å². The van der Waals surface area contributed by atoms with E-state index in [4.69, 9.17) is 10.00 Å². The van der Waals surface area contributed by atoms with E-state index in [0.29, 0.717) is 5.56 Å². The van der Waals surface area contributed by atoms with Crippen molar-refractivity contribution in [1.82, 2.24) is 9.27 Å². The number of ether oxygens (including phenoxy) is 1. The van der Waals surface area contributed by atoms with Crippen LogP contribution in [0.25, 0.3) is 0 Å². The van der Waals surface area contributed by atoms with Crippen LogP contribution in [0.1, 0.15) is 18.2 Å². The zero-order valence-electron chi connectivity index (χ0n) is 10.8. The first-order valence-electron chi connectivity index (χ1n) is 6.18. The molecule has 2 heterocycles. The largest absolute Gasteiger partial charge is 0.374 e. The van der Waals surface area contributed by atoms with Crippen LogP contribution in [0.2, 0.25) is 0 Å². The highest BCUT2D eigenvalue weighted by Crippen LogP contribution is 2.23. The highest BCUT2D eigenvalue weighted by Gasteiger charge is 2.20. The van der Waals surface area contributed by atoms with Crippen molar-refractivity contribution in [2.24, 2.45) is 0 Å². The van der Waals surface area contributed by atoms with Crippen molar-refractivity contribution in [2.75, 3.05) is 38.1 Å². The van der Waals surface area contributed by atoms with Crippen molar-refractivity contribution in [3.05, 3.63) is 11.3 Å². The Hall–Kier alpha value is -1.16. The molecule has 0 aromatic carbocycles. The van der Waals surface area contributed by atoms with Crippen LogP contribution < -0.4 is 5.32 Å². The molecule has 0 amide bonds. The maximum Gasteiger partial charge on any atom is 0.127 e. The predicted molar refractivity (Wildman–Crippen MR) is 71.9 cm³/mol. The molecular weight excluding hydrogens is 248 g/mol. The molecule has 1 aliphatic rings. The molecule has 0 radical (unpaired) electrons. The van der Waals surface area contributed by atoms with Gasteiger partial charge in [0.2, 0.25) is 0 Å². The lowest BCUT2D eigenvalue weighted by Crippen LogP contribution is -2.45. The summed E-state index contributed by atoms with van der Waals surface area (Å²) >= 11 is 1.34. The third kappa shape index (κ3) is 2.99. The van der Waals surface area contributed by atoms with E-state index in [1.165, 1.54) is 11.5 Å². The average Bonchev–Trinajstić information content (AvgIpc) is 2.77. The first-order chi connectivity index (χ1) is 8.74. The molecule has 1 saturated heterocycles. The summed E-state index contributed by atoms with van der Waals surface area (Å²) in [4.78, 5) is 2.37. The number of likely N-dealkylation sites (N-methyl/N-ethyl adjacent to an activating group) is 1. The molecule has 0 aliphatic carbocycles. The molecule has 0 bridgehead atoms. The molecule has 0 spiro atoms. The summed E-state index contributed by atoms with van der Waals surface area (Å²) in [6.45, 7) is 8.55. The number of aryl methyl sites for hydroxylation is 1. The molecule has 2 rings (SSSR count). The van der Waals surface area contributed by atoms with Gasteiger partial charge in [-0.1, -0.05) is 6.92 Å². The summed E-state index contributed by atoms with van der Waals surface area (Å²) in [7, 11) is 0. The molecule has 1 aliphatic heterocycles. The Balaban J connectivity index is 1.89. The van der Waals surface area contributed by atoms with Gasteiger partial charge in [0.05, 0.1) is 18.4 Å². The monoisotopic (exact) mass is 266 g/mol. The van der Waals surface area contributed by atoms with E-state index < -0.39 is 0 Å². The minimum atomic E-state index is 0.188. The van der Waals surface area contributed by atoms with Gasteiger partial charge in [-0.25, -0.2) is 0 Å². The molecule has 1 atom stereocenters. The summed E-state index contributed by atoms with van der Waals surface area (Å²) in [5.74, 6) is 0. The predicted octanol–water partition coefficient (Wildman–Crippen LogP) is 1.46. The van der Waals surface area contributed by atoms with Crippen LogP contribution in [-0.4, -0.2) is 48.2 Å². The highest BCUT2D eigenvalue weighted by molar-refractivity contribution is 7.10. The van der Waals surface area contributed by atoms with E-state index in [1.807, 2.05) is 6.92 Å². The van der Waals surface area contributed by atoms with Gasteiger partial charge in [0, 0.05) is 19.6 Å². The topological polar surface area (TPSA) is 61.2 Å². The second-order valence-corrected chi connectivity index (χ2v) is 5.12. The standard InChI is InChI=1S/C12H18N4OS/c1-3-16-4-5-17-10(8-16)7-14-12-11(6-13)9(2)15-18-12/h10,14H,3-5,7-8H2,1-2H3. The second-order valence-electron chi connectivity index (χ2n) is 4.35. The Morgan fingerprint density at radius 2 is 2.50 bits per heavy atom. The average molecular weight is 266 g/mol. The number of aromatic nitrogens is 1. The third-order valence-electron chi connectivity index (χ3n) is 3.13. The van der Waals surface area contributed by atoms with Gasteiger partial charge in [-0.15, -0.1) is 0 Å². The van der Waals surface area contributed by atoms with Crippen LogP contribution in [-0.2, 0) is 4.74 Å². The van der Waals surface area contributed by atoms with Crippen molar-refractivity contribution < 1.29 is 4.74 Å². The first-order valence-corrected chi connectivity index (χ1v) is 6.96. The Labute approximate surface area is 112 Å². The van der Waals surface area contributed by atoms with Gasteiger partial charge in [0.15, 0.2) is 0 Å². The quantitative estimate of drug-likeness (QED) is 0.894. The van der Waals surface area contributed by atoms with Crippen molar-refractivity contribution in [3.63, 3.8) is 0 Å². The lowest BCUT2D eigenvalue weighted by molar-refractivity contribution is -0.0191. The number of nitriles is 1. The number of nitrogens with one attached hydrogen (secondary N) is 1. The van der Waals surface area contributed by atoms with Gasteiger partial charge in [0.25, 0.3) is 0 Å². The first kappa shape index (κ1) is 13.3. The zero-order chi connectivity index (χ0) is 13.0. The number of morpholine rings is 1. The highest BCUT2D eigenvalue weighted by atomic mass is 32.1. The molecule has 0 saturated carbocycles. The maximum absolute atomic E-state index is 9.04.